The first-order valence-electron chi connectivity index (χ1n) is 6.57. The molecule has 118 valence electrons. The number of carbonyl (C=O) groups is 1. The van der Waals surface area contributed by atoms with Crippen molar-refractivity contribution in [2.24, 2.45) is 7.05 Å². The largest absolute Gasteiger partial charge is 0.328 e. The predicted molar refractivity (Wildman–Crippen MR) is 88.3 cm³/mol. The fourth-order valence-electron chi connectivity index (χ4n) is 1.87. The minimum Gasteiger partial charge on any atom is -0.328 e. The number of anilines is 1. The molecule has 0 aliphatic carbocycles. The molecule has 0 aromatic carbocycles. The Morgan fingerprint density at radius 1 is 1.48 bits per heavy atom. The number of H-pyrrole nitrogens is 2. The average molecular weight is 348 g/mol. The molecule has 3 aromatic heterocycles. The lowest BCUT2D eigenvalue weighted by atomic mass is 10.3. The van der Waals surface area contributed by atoms with Gasteiger partial charge in [-0.2, -0.15) is 5.10 Å². The van der Waals surface area contributed by atoms with E-state index in [0.717, 1.165) is 11.5 Å². The summed E-state index contributed by atoms with van der Waals surface area (Å²) in [4.78, 5) is 29.8. The van der Waals surface area contributed by atoms with E-state index in [1.807, 2.05) is 12.4 Å². The summed E-state index contributed by atoms with van der Waals surface area (Å²) in [5, 5.41) is 11.9. The third-order valence-corrected chi connectivity index (χ3v) is 4.30. The molecule has 3 rings (SSSR count). The summed E-state index contributed by atoms with van der Waals surface area (Å²) < 4.78 is 2.31. The van der Waals surface area contributed by atoms with Gasteiger partial charge in [0, 0.05) is 24.7 Å². The fourth-order valence-corrected chi connectivity index (χ4v) is 2.72. The van der Waals surface area contributed by atoms with Crippen LogP contribution in [0, 0.1) is 4.77 Å². The summed E-state index contributed by atoms with van der Waals surface area (Å²) in [7, 11) is 1.83. The van der Waals surface area contributed by atoms with Gasteiger partial charge < -0.3 is 9.55 Å². The van der Waals surface area contributed by atoms with E-state index in [1.54, 1.807) is 4.57 Å². The van der Waals surface area contributed by atoms with E-state index in [-0.39, 0.29) is 11.5 Å². The molecule has 0 radical (unpaired) electrons. The highest BCUT2D eigenvalue weighted by Crippen LogP contribution is 2.18. The van der Waals surface area contributed by atoms with Crippen LogP contribution in [-0.4, -0.2) is 30.6 Å². The summed E-state index contributed by atoms with van der Waals surface area (Å²) in [5.74, 6) is 0.430. The van der Waals surface area contributed by atoms with E-state index in [0.29, 0.717) is 21.9 Å². The maximum Gasteiger partial charge on any atom is 0.258 e. The number of aromatic amines is 2. The van der Waals surface area contributed by atoms with Crippen molar-refractivity contribution in [3.8, 4) is 0 Å². The first kappa shape index (κ1) is 15.3. The van der Waals surface area contributed by atoms with E-state index in [2.05, 4.69) is 25.5 Å². The van der Waals surface area contributed by atoms with Crippen LogP contribution in [0.3, 0.4) is 0 Å². The number of rotatable bonds is 4. The molecule has 0 bridgehead atoms. The van der Waals surface area contributed by atoms with Crippen molar-refractivity contribution in [3.05, 3.63) is 55.9 Å². The van der Waals surface area contributed by atoms with E-state index in [9.17, 15) is 9.59 Å². The number of thiazole rings is 1. The highest BCUT2D eigenvalue weighted by molar-refractivity contribution is 7.71. The van der Waals surface area contributed by atoms with Crippen LogP contribution in [0.4, 0.5) is 5.13 Å². The number of carbonyl (C=O) groups excluding carboxylic acids is 1. The van der Waals surface area contributed by atoms with Gasteiger partial charge in [-0.1, -0.05) is 0 Å². The second-order valence-corrected chi connectivity index (χ2v) is 5.97. The monoisotopic (exact) mass is 348 g/mol. The summed E-state index contributed by atoms with van der Waals surface area (Å²) in [6.45, 7) is 0. The highest BCUT2D eigenvalue weighted by atomic mass is 32.1. The third kappa shape index (κ3) is 3.43. The number of nitrogens with one attached hydrogen (secondary N) is 3. The van der Waals surface area contributed by atoms with Crippen LogP contribution in [0.2, 0.25) is 0 Å². The summed E-state index contributed by atoms with van der Waals surface area (Å²) >= 11 is 6.38. The summed E-state index contributed by atoms with van der Waals surface area (Å²) in [6.07, 6.45) is 1.87. The fraction of sp³-hybridized carbons (Fsp3) is 0.154. The second-order valence-electron chi connectivity index (χ2n) is 4.72. The quantitative estimate of drug-likeness (QED) is 0.619. The Labute approximate surface area is 139 Å². The lowest BCUT2D eigenvalue weighted by Gasteiger charge is -2.00. The van der Waals surface area contributed by atoms with Crippen molar-refractivity contribution in [2.45, 2.75) is 6.42 Å². The van der Waals surface area contributed by atoms with Crippen molar-refractivity contribution < 1.29 is 4.79 Å². The molecule has 3 N–H and O–H groups in total. The van der Waals surface area contributed by atoms with E-state index in [1.165, 1.54) is 29.7 Å². The zero-order valence-electron chi connectivity index (χ0n) is 12.0. The van der Waals surface area contributed by atoms with Crippen LogP contribution in [0.5, 0.6) is 0 Å². The first-order valence-corrected chi connectivity index (χ1v) is 7.86. The van der Waals surface area contributed by atoms with Crippen molar-refractivity contribution >= 4 is 34.6 Å². The molecule has 0 saturated heterocycles. The molecule has 8 nitrogen and oxygen atoms in total. The Morgan fingerprint density at radius 3 is 2.96 bits per heavy atom. The SMILES string of the molecule is Cn1c(Cc2csc(NC(=O)c3ccc(=O)[nH]c3)n2)n[nH]c1=S. The molecule has 3 aromatic rings. The van der Waals surface area contributed by atoms with Gasteiger partial charge in [-0.3, -0.25) is 20.0 Å². The number of hydrogen-bond donors (Lipinski definition) is 3. The second kappa shape index (κ2) is 6.26. The van der Waals surface area contributed by atoms with E-state index in [4.69, 9.17) is 12.2 Å². The smallest absolute Gasteiger partial charge is 0.258 e. The third-order valence-electron chi connectivity index (χ3n) is 3.13. The summed E-state index contributed by atoms with van der Waals surface area (Å²) in [5.41, 5.74) is 0.880. The minimum absolute atomic E-state index is 0.258. The van der Waals surface area contributed by atoms with Crippen LogP contribution >= 0.6 is 23.6 Å². The molecule has 10 heteroatoms. The molecule has 23 heavy (non-hydrogen) atoms. The molecule has 0 fully saturated rings. The van der Waals surface area contributed by atoms with Crippen LogP contribution in [0.15, 0.2) is 28.5 Å². The Morgan fingerprint density at radius 2 is 2.30 bits per heavy atom. The number of aromatic nitrogens is 5. The van der Waals surface area contributed by atoms with Crippen molar-refractivity contribution in [2.75, 3.05) is 5.32 Å². The van der Waals surface area contributed by atoms with Gasteiger partial charge >= 0.3 is 0 Å². The molecule has 0 spiro atoms. The van der Waals surface area contributed by atoms with Gasteiger partial charge in [-0.25, -0.2) is 4.98 Å². The zero-order valence-corrected chi connectivity index (χ0v) is 13.6. The maximum atomic E-state index is 12.0. The lowest BCUT2D eigenvalue weighted by Crippen LogP contribution is -2.14. The number of amides is 1. The van der Waals surface area contributed by atoms with Gasteiger partial charge in [-0.15, -0.1) is 11.3 Å². The van der Waals surface area contributed by atoms with Crippen LogP contribution in [0.1, 0.15) is 21.9 Å². The van der Waals surface area contributed by atoms with Gasteiger partial charge in [-0.05, 0) is 18.3 Å². The molecule has 0 saturated carbocycles. The standard InChI is InChI=1S/C13H12N6O2S2/c1-19-9(17-18-13(19)22)4-8-6-23-12(15-8)16-11(21)7-2-3-10(20)14-5-7/h2-3,5-6H,4H2,1H3,(H,14,20)(H,18,22)(H,15,16,21). The van der Waals surface area contributed by atoms with Gasteiger partial charge in [0.25, 0.3) is 5.91 Å². The molecule has 0 aliphatic rings. The number of hydrogen-bond acceptors (Lipinski definition) is 6. The Bertz CT molecular complexity index is 947. The van der Waals surface area contributed by atoms with Crippen LogP contribution in [0.25, 0.3) is 0 Å². The Kier molecular flexibility index (Phi) is 4.17. The Balaban J connectivity index is 1.70. The summed E-state index contributed by atoms with van der Waals surface area (Å²) in [6, 6.07) is 2.75. The molecular weight excluding hydrogens is 336 g/mol. The lowest BCUT2D eigenvalue weighted by molar-refractivity contribution is 0.102. The molecule has 0 aliphatic heterocycles. The van der Waals surface area contributed by atoms with E-state index < -0.39 is 0 Å². The van der Waals surface area contributed by atoms with Crippen molar-refractivity contribution in [3.63, 3.8) is 0 Å². The van der Waals surface area contributed by atoms with Gasteiger partial charge in [0.15, 0.2) is 9.90 Å². The number of nitrogens with zero attached hydrogens (tertiary/aromatic N) is 3. The molecular formula is C13H12N6O2S2. The highest BCUT2D eigenvalue weighted by Gasteiger charge is 2.11. The van der Waals surface area contributed by atoms with Crippen molar-refractivity contribution in [1.82, 2.24) is 24.7 Å². The molecule has 0 unspecified atom stereocenters. The topological polar surface area (TPSA) is 108 Å². The van der Waals surface area contributed by atoms with Gasteiger partial charge in [0.1, 0.15) is 5.82 Å². The van der Waals surface area contributed by atoms with Crippen LogP contribution < -0.4 is 10.9 Å². The van der Waals surface area contributed by atoms with E-state index >= 15 is 0 Å². The van der Waals surface area contributed by atoms with Crippen molar-refractivity contribution in [1.29, 1.82) is 0 Å². The molecule has 0 atom stereocenters. The van der Waals surface area contributed by atoms with Crippen LogP contribution in [-0.2, 0) is 13.5 Å². The molecule has 1 amide bonds. The maximum absolute atomic E-state index is 12.0. The normalized spacial score (nSPS) is 10.7. The predicted octanol–water partition coefficient (Wildman–Crippen LogP) is 1.47. The Hall–Kier alpha value is -2.59. The number of pyridine rings is 1. The van der Waals surface area contributed by atoms with Gasteiger partial charge in [0.2, 0.25) is 5.56 Å². The zero-order chi connectivity index (χ0) is 16.4. The first-order chi connectivity index (χ1) is 11.0. The molecule has 3 heterocycles. The van der Waals surface area contributed by atoms with Gasteiger partial charge in [0.05, 0.1) is 17.7 Å². The minimum atomic E-state index is -0.333. The average Bonchev–Trinajstić information content (AvgIpc) is 3.10.